The molecule has 2 aliphatic rings. The first-order valence-corrected chi connectivity index (χ1v) is 10.9. The molecule has 1 aliphatic heterocycles. The number of nitrogens with one attached hydrogen (secondary N) is 1. The zero-order chi connectivity index (χ0) is 21.2. The summed E-state index contributed by atoms with van der Waals surface area (Å²) in [6.45, 7) is 10.9. The molecule has 152 valence electrons. The molecule has 0 fully saturated rings. The van der Waals surface area contributed by atoms with E-state index in [0.29, 0.717) is 6.42 Å². The van der Waals surface area contributed by atoms with Gasteiger partial charge in [-0.1, -0.05) is 56.3 Å². The Balaban J connectivity index is 1.82. The summed E-state index contributed by atoms with van der Waals surface area (Å²) in [5, 5.41) is 6.23. The van der Waals surface area contributed by atoms with E-state index in [1.807, 2.05) is 0 Å². The van der Waals surface area contributed by atoms with Crippen molar-refractivity contribution in [2.75, 3.05) is 5.32 Å². The fourth-order valence-corrected chi connectivity index (χ4v) is 5.36. The number of benzene rings is 3. The highest BCUT2D eigenvalue weighted by molar-refractivity contribution is 6.12. The number of anilines is 1. The minimum atomic E-state index is -0.0865. The van der Waals surface area contributed by atoms with Crippen LogP contribution < -0.4 is 5.32 Å². The van der Waals surface area contributed by atoms with Crippen molar-refractivity contribution in [2.24, 2.45) is 5.41 Å². The van der Waals surface area contributed by atoms with Gasteiger partial charge in [-0.15, -0.1) is 0 Å². The van der Waals surface area contributed by atoms with Gasteiger partial charge in [-0.25, -0.2) is 0 Å². The Morgan fingerprint density at radius 1 is 0.900 bits per heavy atom. The predicted molar refractivity (Wildman–Crippen MR) is 126 cm³/mol. The van der Waals surface area contributed by atoms with Crippen LogP contribution in [0.4, 0.5) is 5.69 Å². The van der Waals surface area contributed by atoms with Crippen LogP contribution >= 0.6 is 0 Å². The maximum absolute atomic E-state index is 13.5. The molecule has 30 heavy (non-hydrogen) atoms. The molecule has 0 aromatic heterocycles. The fraction of sp³-hybridized carbons (Fsp3) is 0.321. The summed E-state index contributed by atoms with van der Waals surface area (Å²) in [6, 6.07) is 17.3. The molecular formula is C28H29NO. The number of carbonyl (C=O) groups is 1. The highest BCUT2D eigenvalue weighted by Gasteiger charge is 2.41. The van der Waals surface area contributed by atoms with E-state index in [1.54, 1.807) is 0 Å². The topological polar surface area (TPSA) is 29.1 Å². The van der Waals surface area contributed by atoms with Crippen molar-refractivity contribution < 1.29 is 4.79 Å². The minimum Gasteiger partial charge on any atom is -0.373 e. The average Bonchev–Trinajstić information content (AvgIpc) is 2.68. The number of ketones is 1. The Kier molecular flexibility index (Phi) is 4.18. The first-order valence-electron chi connectivity index (χ1n) is 10.9. The van der Waals surface area contributed by atoms with E-state index in [-0.39, 0.29) is 17.2 Å². The largest absolute Gasteiger partial charge is 0.373 e. The monoisotopic (exact) mass is 395 g/mol. The van der Waals surface area contributed by atoms with Gasteiger partial charge in [-0.3, -0.25) is 4.79 Å². The Labute approximate surface area is 179 Å². The van der Waals surface area contributed by atoms with Crippen LogP contribution in [0.3, 0.4) is 0 Å². The molecule has 0 radical (unpaired) electrons. The van der Waals surface area contributed by atoms with Gasteiger partial charge >= 0.3 is 0 Å². The van der Waals surface area contributed by atoms with E-state index in [0.717, 1.165) is 17.7 Å². The molecule has 0 saturated heterocycles. The molecule has 2 heteroatoms. The van der Waals surface area contributed by atoms with E-state index >= 15 is 0 Å². The molecule has 3 aromatic carbocycles. The van der Waals surface area contributed by atoms with Crippen LogP contribution in [0, 0.1) is 26.2 Å². The summed E-state index contributed by atoms with van der Waals surface area (Å²) < 4.78 is 0. The second kappa shape index (κ2) is 6.57. The van der Waals surface area contributed by atoms with Gasteiger partial charge in [0.25, 0.3) is 0 Å². The van der Waals surface area contributed by atoms with E-state index in [1.165, 1.54) is 44.2 Å². The summed E-state index contributed by atoms with van der Waals surface area (Å²) >= 11 is 0. The molecule has 3 aromatic rings. The van der Waals surface area contributed by atoms with Crippen molar-refractivity contribution in [3.63, 3.8) is 0 Å². The third-order valence-corrected chi connectivity index (χ3v) is 6.93. The zero-order valence-corrected chi connectivity index (χ0v) is 18.5. The Morgan fingerprint density at radius 3 is 2.43 bits per heavy atom. The molecule has 0 unspecified atom stereocenters. The van der Waals surface area contributed by atoms with Crippen molar-refractivity contribution in [3.8, 4) is 0 Å². The Bertz CT molecular complexity index is 1240. The predicted octanol–water partition coefficient (Wildman–Crippen LogP) is 7.07. The van der Waals surface area contributed by atoms with Gasteiger partial charge in [0, 0.05) is 23.2 Å². The minimum absolute atomic E-state index is 0.0236. The molecular weight excluding hydrogens is 366 g/mol. The standard InChI is InChI=1S/C28H29NO/c1-16-12-18(3)21(13-17(16)2)27-26-22(14-28(4,5)15-24(26)30)25-20-9-7-6-8-19(20)10-11-23(25)29-27/h6-13,27,29H,14-15H2,1-5H3/t27-/m0/s1. The first-order chi connectivity index (χ1) is 14.2. The highest BCUT2D eigenvalue weighted by Crippen LogP contribution is 2.52. The smallest absolute Gasteiger partial charge is 0.162 e. The summed E-state index contributed by atoms with van der Waals surface area (Å²) in [5.74, 6) is 0.287. The molecule has 1 heterocycles. The number of rotatable bonds is 1. The number of aryl methyl sites for hydroxylation is 3. The molecule has 0 spiro atoms. The maximum Gasteiger partial charge on any atom is 0.162 e. The van der Waals surface area contributed by atoms with Crippen molar-refractivity contribution in [1.29, 1.82) is 0 Å². The molecule has 1 N–H and O–H groups in total. The van der Waals surface area contributed by atoms with Crippen LogP contribution in [0.25, 0.3) is 16.3 Å². The van der Waals surface area contributed by atoms with Gasteiger partial charge in [0.15, 0.2) is 5.78 Å². The molecule has 0 bridgehead atoms. The number of Topliss-reactive ketones (excluding diaryl/α,β-unsaturated/α-hetero) is 1. The second-order valence-corrected chi connectivity index (χ2v) is 9.91. The summed E-state index contributed by atoms with van der Waals surface area (Å²) in [5.41, 5.74) is 9.58. The quantitative estimate of drug-likeness (QED) is 0.477. The van der Waals surface area contributed by atoms with Gasteiger partial charge < -0.3 is 5.32 Å². The summed E-state index contributed by atoms with van der Waals surface area (Å²) in [4.78, 5) is 13.5. The molecule has 5 rings (SSSR count). The van der Waals surface area contributed by atoms with Crippen LogP contribution in [0.15, 0.2) is 54.1 Å². The van der Waals surface area contributed by atoms with Crippen molar-refractivity contribution in [2.45, 2.75) is 53.5 Å². The number of allylic oxidation sites excluding steroid dienone is 1. The van der Waals surface area contributed by atoms with Gasteiger partial charge in [0.1, 0.15) is 0 Å². The normalized spacial score (nSPS) is 20.0. The summed E-state index contributed by atoms with van der Waals surface area (Å²) in [6.07, 6.45) is 1.53. The summed E-state index contributed by atoms with van der Waals surface area (Å²) in [7, 11) is 0. The molecule has 2 nitrogen and oxygen atoms in total. The lowest BCUT2D eigenvalue weighted by Crippen LogP contribution is -2.33. The van der Waals surface area contributed by atoms with E-state index < -0.39 is 0 Å². The van der Waals surface area contributed by atoms with Gasteiger partial charge in [0.2, 0.25) is 0 Å². The van der Waals surface area contributed by atoms with Crippen LogP contribution in [0.2, 0.25) is 0 Å². The lowest BCUT2D eigenvalue weighted by atomic mass is 9.67. The molecule has 1 aliphatic carbocycles. The zero-order valence-electron chi connectivity index (χ0n) is 18.5. The third-order valence-electron chi connectivity index (χ3n) is 6.93. The van der Waals surface area contributed by atoms with Crippen molar-refractivity contribution >= 4 is 27.8 Å². The first kappa shape index (κ1) is 19.1. The van der Waals surface area contributed by atoms with Crippen LogP contribution in [0.1, 0.15) is 60.5 Å². The number of hydrogen-bond donors (Lipinski definition) is 1. The average molecular weight is 396 g/mol. The van der Waals surface area contributed by atoms with Crippen molar-refractivity contribution in [1.82, 2.24) is 0 Å². The number of fused-ring (bicyclic) bond motifs is 4. The Hall–Kier alpha value is -2.87. The Morgan fingerprint density at radius 2 is 1.63 bits per heavy atom. The second-order valence-electron chi connectivity index (χ2n) is 9.91. The highest BCUT2D eigenvalue weighted by atomic mass is 16.1. The number of hydrogen-bond acceptors (Lipinski definition) is 2. The molecule has 0 amide bonds. The molecule has 1 atom stereocenters. The van der Waals surface area contributed by atoms with Gasteiger partial charge in [-0.2, -0.15) is 0 Å². The third kappa shape index (κ3) is 2.89. The van der Waals surface area contributed by atoms with E-state index in [2.05, 4.69) is 88.5 Å². The van der Waals surface area contributed by atoms with E-state index in [9.17, 15) is 4.79 Å². The lowest BCUT2D eigenvalue weighted by molar-refractivity contribution is -0.118. The van der Waals surface area contributed by atoms with E-state index in [4.69, 9.17) is 0 Å². The van der Waals surface area contributed by atoms with Crippen LogP contribution in [-0.4, -0.2) is 5.78 Å². The van der Waals surface area contributed by atoms with Crippen LogP contribution in [-0.2, 0) is 4.79 Å². The maximum atomic E-state index is 13.5. The van der Waals surface area contributed by atoms with Crippen LogP contribution in [0.5, 0.6) is 0 Å². The van der Waals surface area contributed by atoms with Gasteiger partial charge in [0.05, 0.1) is 6.04 Å². The molecule has 0 saturated carbocycles. The SMILES string of the molecule is Cc1cc(C)c([C@@H]2Nc3ccc4ccccc4c3C3=C2C(=O)CC(C)(C)C3)cc1C. The number of carbonyl (C=O) groups excluding carboxylic acids is 1. The lowest BCUT2D eigenvalue weighted by Gasteiger charge is -2.40. The van der Waals surface area contributed by atoms with Crippen molar-refractivity contribution in [3.05, 3.63) is 81.9 Å². The van der Waals surface area contributed by atoms with Gasteiger partial charge in [-0.05, 0) is 77.3 Å². The fourth-order valence-electron chi connectivity index (χ4n) is 5.36.